The Morgan fingerprint density at radius 2 is 2.06 bits per heavy atom. The molecule has 4 heterocycles. The molecule has 1 fully saturated rings. The largest absolute Gasteiger partial charge is 0.378 e. The highest BCUT2D eigenvalue weighted by molar-refractivity contribution is 7.89. The molecule has 10 nitrogen and oxygen atoms in total. The minimum Gasteiger partial charge on any atom is -0.378 e. The number of pyridine rings is 1. The van der Waals surface area contributed by atoms with Crippen LogP contribution in [0.2, 0.25) is 0 Å². The fourth-order valence-electron chi connectivity index (χ4n) is 3.60. The van der Waals surface area contributed by atoms with Crippen molar-refractivity contribution in [2.45, 2.75) is 6.42 Å². The fourth-order valence-corrected chi connectivity index (χ4v) is 5.22. The van der Waals surface area contributed by atoms with Gasteiger partial charge in [-0.3, -0.25) is 9.78 Å². The molecule has 0 aromatic carbocycles. The van der Waals surface area contributed by atoms with Crippen molar-refractivity contribution >= 4 is 43.3 Å². The van der Waals surface area contributed by atoms with Gasteiger partial charge in [-0.2, -0.15) is 0 Å². The summed E-state index contributed by atoms with van der Waals surface area (Å²) < 4.78 is 31.1. The Kier molecular flexibility index (Phi) is 7.17. The quantitative estimate of drug-likeness (QED) is 0.506. The summed E-state index contributed by atoms with van der Waals surface area (Å²) in [5.41, 5.74) is 1.18. The van der Waals surface area contributed by atoms with Crippen molar-refractivity contribution in [3.05, 3.63) is 35.3 Å². The molecule has 3 aromatic rings. The first kappa shape index (κ1) is 23.5. The average molecular weight is 491 g/mol. The first-order valence-corrected chi connectivity index (χ1v) is 13.1. The summed E-state index contributed by atoms with van der Waals surface area (Å²) in [7, 11) is -0.253. The molecular formula is C21H26N6O4S2. The predicted molar refractivity (Wildman–Crippen MR) is 128 cm³/mol. The van der Waals surface area contributed by atoms with E-state index >= 15 is 0 Å². The van der Waals surface area contributed by atoms with Gasteiger partial charge in [0.2, 0.25) is 10.0 Å². The molecule has 1 amide bonds. The third kappa shape index (κ3) is 5.29. The van der Waals surface area contributed by atoms with Crippen molar-refractivity contribution in [3.8, 4) is 11.5 Å². The van der Waals surface area contributed by atoms with Crippen molar-refractivity contribution in [1.29, 1.82) is 0 Å². The normalized spacial score (nSPS) is 14.5. The second-order valence-corrected chi connectivity index (χ2v) is 10.5. The lowest BCUT2D eigenvalue weighted by Gasteiger charge is -2.29. The minimum atomic E-state index is -3.31. The SMILES string of the molecule is CNS(=O)(=O)CCCN(C)C(=O)c1csc2nc(-c3ccccn3)nc(N3CCOCC3)c12. The van der Waals surface area contributed by atoms with E-state index in [9.17, 15) is 13.2 Å². The van der Waals surface area contributed by atoms with Crippen molar-refractivity contribution < 1.29 is 17.9 Å². The molecule has 12 heteroatoms. The number of morpholine rings is 1. The molecule has 0 aliphatic carbocycles. The van der Waals surface area contributed by atoms with Crippen LogP contribution < -0.4 is 9.62 Å². The van der Waals surface area contributed by atoms with Crippen LogP contribution in [0, 0.1) is 0 Å². The van der Waals surface area contributed by atoms with E-state index in [-0.39, 0.29) is 11.7 Å². The standard InChI is InChI=1S/C21H26N6O4S2/c1-22-33(29,30)13-5-8-26(2)21(28)15-14-32-20-17(15)19(27-9-11-31-12-10-27)24-18(25-20)16-6-3-4-7-23-16/h3-4,6-7,14,22H,5,8-13H2,1-2H3. The molecule has 1 N–H and O–H groups in total. The van der Waals surface area contributed by atoms with E-state index in [1.54, 1.807) is 23.5 Å². The fraction of sp³-hybridized carbons (Fsp3) is 0.429. The van der Waals surface area contributed by atoms with Crippen LogP contribution in [0.4, 0.5) is 5.82 Å². The molecule has 0 radical (unpaired) electrons. The summed E-state index contributed by atoms with van der Waals surface area (Å²) >= 11 is 1.39. The van der Waals surface area contributed by atoms with Gasteiger partial charge in [0, 0.05) is 38.3 Å². The van der Waals surface area contributed by atoms with Gasteiger partial charge < -0.3 is 14.5 Å². The van der Waals surface area contributed by atoms with E-state index in [0.29, 0.717) is 72.4 Å². The molecule has 1 aliphatic rings. The Balaban J connectivity index is 1.68. The molecule has 1 saturated heterocycles. The van der Waals surface area contributed by atoms with Crippen molar-refractivity contribution in [1.82, 2.24) is 24.6 Å². The third-order valence-electron chi connectivity index (χ3n) is 5.41. The highest BCUT2D eigenvalue weighted by Crippen LogP contribution is 2.35. The molecule has 33 heavy (non-hydrogen) atoms. The summed E-state index contributed by atoms with van der Waals surface area (Å²) in [4.78, 5) is 31.6. The molecule has 176 valence electrons. The van der Waals surface area contributed by atoms with Gasteiger partial charge in [0.15, 0.2) is 5.82 Å². The number of fused-ring (bicyclic) bond motifs is 1. The second kappa shape index (κ2) is 10.1. The molecule has 1 aliphatic heterocycles. The lowest BCUT2D eigenvalue weighted by Crippen LogP contribution is -2.37. The van der Waals surface area contributed by atoms with Crippen LogP contribution in [-0.4, -0.2) is 86.9 Å². The topological polar surface area (TPSA) is 118 Å². The number of thiophene rings is 1. The van der Waals surface area contributed by atoms with Crippen LogP contribution in [0.25, 0.3) is 21.7 Å². The number of ether oxygens (including phenoxy) is 1. The average Bonchev–Trinajstić information content (AvgIpc) is 3.28. The van der Waals surface area contributed by atoms with Crippen molar-refractivity contribution in [2.75, 3.05) is 57.6 Å². The number of nitrogens with zero attached hydrogens (tertiary/aromatic N) is 5. The Morgan fingerprint density at radius 1 is 1.27 bits per heavy atom. The van der Waals surface area contributed by atoms with E-state index in [1.165, 1.54) is 18.4 Å². The Morgan fingerprint density at radius 3 is 2.76 bits per heavy atom. The lowest BCUT2D eigenvalue weighted by atomic mass is 10.1. The van der Waals surface area contributed by atoms with Gasteiger partial charge >= 0.3 is 0 Å². The number of aromatic nitrogens is 3. The van der Waals surface area contributed by atoms with E-state index in [0.717, 1.165) is 0 Å². The molecule has 0 unspecified atom stereocenters. The first-order chi connectivity index (χ1) is 15.9. The van der Waals surface area contributed by atoms with Crippen LogP contribution in [0.15, 0.2) is 29.8 Å². The van der Waals surface area contributed by atoms with Gasteiger partial charge in [-0.15, -0.1) is 11.3 Å². The molecule has 3 aromatic heterocycles. The summed E-state index contributed by atoms with van der Waals surface area (Å²) in [6.07, 6.45) is 2.04. The summed E-state index contributed by atoms with van der Waals surface area (Å²) in [5.74, 6) is 0.976. The zero-order valence-electron chi connectivity index (χ0n) is 18.5. The monoisotopic (exact) mass is 490 g/mol. The van der Waals surface area contributed by atoms with Gasteiger partial charge in [-0.25, -0.2) is 23.1 Å². The predicted octanol–water partition coefficient (Wildman–Crippen LogP) is 1.60. The summed E-state index contributed by atoms with van der Waals surface area (Å²) in [6.45, 7) is 2.80. The second-order valence-electron chi connectivity index (χ2n) is 7.62. The highest BCUT2D eigenvalue weighted by atomic mass is 32.2. The van der Waals surface area contributed by atoms with Crippen LogP contribution in [0.5, 0.6) is 0 Å². The van der Waals surface area contributed by atoms with Crippen LogP contribution >= 0.6 is 11.3 Å². The van der Waals surface area contributed by atoms with E-state index in [2.05, 4.69) is 14.6 Å². The number of sulfonamides is 1. The highest BCUT2D eigenvalue weighted by Gasteiger charge is 2.25. The first-order valence-electron chi connectivity index (χ1n) is 10.6. The third-order valence-corrected chi connectivity index (χ3v) is 7.73. The zero-order valence-corrected chi connectivity index (χ0v) is 20.2. The smallest absolute Gasteiger partial charge is 0.255 e. The van der Waals surface area contributed by atoms with Crippen LogP contribution in [0.1, 0.15) is 16.8 Å². The van der Waals surface area contributed by atoms with Crippen LogP contribution in [0.3, 0.4) is 0 Å². The number of hydrogen-bond donors (Lipinski definition) is 1. The van der Waals surface area contributed by atoms with Crippen molar-refractivity contribution in [3.63, 3.8) is 0 Å². The number of carbonyl (C=O) groups is 1. The number of hydrogen-bond acceptors (Lipinski definition) is 9. The van der Waals surface area contributed by atoms with Gasteiger partial charge in [0.25, 0.3) is 5.91 Å². The Labute approximate surface area is 196 Å². The molecule has 0 atom stereocenters. The molecule has 4 rings (SSSR count). The molecular weight excluding hydrogens is 464 g/mol. The van der Waals surface area contributed by atoms with Crippen LogP contribution in [-0.2, 0) is 14.8 Å². The minimum absolute atomic E-state index is 0.0406. The number of amides is 1. The maximum atomic E-state index is 13.3. The number of anilines is 1. The van der Waals surface area contributed by atoms with Gasteiger partial charge in [0.1, 0.15) is 16.3 Å². The van der Waals surface area contributed by atoms with Gasteiger partial charge in [0.05, 0.1) is 29.9 Å². The number of carbonyl (C=O) groups excluding carboxylic acids is 1. The maximum Gasteiger partial charge on any atom is 0.255 e. The summed E-state index contributed by atoms with van der Waals surface area (Å²) in [6, 6.07) is 5.58. The van der Waals surface area contributed by atoms with Gasteiger partial charge in [-0.1, -0.05) is 6.07 Å². The molecule has 0 spiro atoms. The maximum absolute atomic E-state index is 13.3. The van der Waals surface area contributed by atoms with Gasteiger partial charge in [-0.05, 0) is 25.6 Å². The lowest BCUT2D eigenvalue weighted by molar-refractivity contribution is 0.0797. The Bertz CT molecular complexity index is 1230. The number of rotatable bonds is 8. The summed E-state index contributed by atoms with van der Waals surface area (Å²) in [5, 5.41) is 2.51. The zero-order chi connectivity index (χ0) is 23.4. The molecule has 0 bridgehead atoms. The number of nitrogens with one attached hydrogen (secondary N) is 1. The van der Waals surface area contributed by atoms with E-state index in [1.807, 2.05) is 18.2 Å². The van der Waals surface area contributed by atoms with Crippen molar-refractivity contribution in [2.24, 2.45) is 0 Å². The Hall–Kier alpha value is -2.67. The van der Waals surface area contributed by atoms with E-state index in [4.69, 9.17) is 14.7 Å². The van der Waals surface area contributed by atoms with E-state index < -0.39 is 10.0 Å². The molecule has 0 saturated carbocycles.